The quantitative estimate of drug-likeness (QED) is 0.822. The van der Waals surface area contributed by atoms with Crippen molar-refractivity contribution in [2.24, 2.45) is 5.73 Å². The number of carbonyl (C=O) groups excluding carboxylic acids is 1. The maximum absolute atomic E-state index is 12.4. The highest BCUT2D eigenvalue weighted by Crippen LogP contribution is 2.30. The summed E-state index contributed by atoms with van der Waals surface area (Å²) in [4.78, 5) is 18.4. The number of rotatable bonds is 2. The lowest BCUT2D eigenvalue weighted by Gasteiger charge is -2.09. The summed E-state index contributed by atoms with van der Waals surface area (Å²) in [5, 5.41) is 0. The van der Waals surface area contributed by atoms with E-state index in [0.717, 1.165) is 0 Å². The van der Waals surface area contributed by atoms with Gasteiger partial charge in [0.15, 0.2) is 5.82 Å². The highest BCUT2D eigenvalue weighted by atomic mass is 19.4. The van der Waals surface area contributed by atoms with Gasteiger partial charge in [-0.25, -0.2) is 9.97 Å². The van der Waals surface area contributed by atoms with E-state index in [0.29, 0.717) is 12.4 Å². The third kappa shape index (κ3) is 2.53. The van der Waals surface area contributed by atoms with Gasteiger partial charge in [-0.1, -0.05) is 6.07 Å². The minimum absolute atomic E-state index is 0.0152. The molecule has 0 atom stereocenters. The normalized spacial score (nSPS) is 11.3. The first-order valence-corrected chi connectivity index (χ1v) is 5.38. The van der Waals surface area contributed by atoms with Crippen LogP contribution < -0.4 is 11.5 Å². The van der Waals surface area contributed by atoms with Crippen LogP contribution in [0.15, 0.2) is 30.6 Å². The fourth-order valence-corrected chi connectivity index (χ4v) is 1.59. The third-order valence-corrected chi connectivity index (χ3v) is 2.59. The number of aromatic nitrogens is 2. The molecule has 104 valence electrons. The average Bonchev–Trinajstić information content (AvgIpc) is 2.38. The zero-order valence-corrected chi connectivity index (χ0v) is 9.98. The standard InChI is InChI=1S/C12H9F3N4O/c13-12(14,15)6-4-18-11(19-5-6)8-3-1-2-7(9(8)16)10(17)20/h1-5H,16H2,(H2,17,20). The van der Waals surface area contributed by atoms with Crippen molar-refractivity contribution in [3.05, 3.63) is 41.7 Å². The summed E-state index contributed by atoms with van der Waals surface area (Å²) in [6.07, 6.45) is -3.21. The van der Waals surface area contributed by atoms with E-state index in [4.69, 9.17) is 11.5 Å². The Morgan fingerprint density at radius 1 is 1.15 bits per heavy atom. The SMILES string of the molecule is NC(=O)c1cccc(-c2ncc(C(F)(F)F)cn2)c1N. The predicted octanol–water partition coefficient (Wildman–Crippen LogP) is 1.84. The largest absolute Gasteiger partial charge is 0.419 e. The lowest BCUT2D eigenvalue weighted by Crippen LogP contribution is -2.14. The molecular formula is C12H9F3N4O. The number of halogens is 3. The molecule has 0 fully saturated rings. The number of nitrogens with two attached hydrogens (primary N) is 2. The van der Waals surface area contributed by atoms with Crippen LogP contribution in [-0.2, 0) is 6.18 Å². The van der Waals surface area contributed by atoms with Gasteiger partial charge in [0, 0.05) is 18.0 Å². The molecule has 0 aliphatic carbocycles. The molecule has 8 heteroatoms. The Kier molecular flexibility index (Phi) is 3.31. The predicted molar refractivity (Wildman–Crippen MR) is 65.4 cm³/mol. The van der Waals surface area contributed by atoms with E-state index >= 15 is 0 Å². The second kappa shape index (κ2) is 4.80. The molecule has 20 heavy (non-hydrogen) atoms. The first-order valence-electron chi connectivity index (χ1n) is 5.38. The highest BCUT2D eigenvalue weighted by Gasteiger charge is 2.31. The summed E-state index contributed by atoms with van der Waals surface area (Å²) >= 11 is 0. The highest BCUT2D eigenvalue weighted by molar-refractivity contribution is 6.01. The van der Waals surface area contributed by atoms with Crippen LogP contribution in [-0.4, -0.2) is 15.9 Å². The Morgan fingerprint density at radius 3 is 2.25 bits per heavy atom. The van der Waals surface area contributed by atoms with Crippen LogP contribution >= 0.6 is 0 Å². The molecule has 0 unspecified atom stereocenters. The number of primary amides is 1. The van der Waals surface area contributed by atoms with Gasteiger partial charge in [0.2, 0.25) is 0 Å². The van der Waals surface area contributed by atoms with Crippen molar-refractivity contribution in [2.75, 3.05) is 5.73 Å². The summed E-state index contributed by atoms with van der Waals surface area (Å²) in [7, 11) is 0. The summed E-state index contributed by atoms with van der Waals surface area (Å²) in [6.45, 7) is 0. The zero-order chi connectivity index (χ0) is 14.9. The van der Waals surface area contributed by atoms with Crippen molar-refractivity contribution < 1.29 is 18.0 Å². The average molecular weight is 282 g/mol. The second-order valence-electron chi connectivity index (χ2n) is 3.92. The van der Waals surface area contributed by atoms with E-state index < -0.39 is 17.6 Å². The van der Waals surface area contributed by atoms with Crippen molar-refractivity contribution in [2.45, 2.75) is 6.18 Å². The smallest absolute Gasteiger partial charge is 0.397 e. The van der Waals surface area contributed by atoms with Crippen LogP contribution in [0.25, 0.3) is 11.4 Å². The minimum atomic E-state index is -4.51. The molecule has 2 rings (SSSR count). The van der Waals surface area contributed by atoms with E-state index in [2.05, 4.69) is 9.97 Å². The number of amides is 1. The minimum Gasteiger partial charge on any atom is -0.397 e. The molecule has 0 saturated heterocycles. The number of carbonyl (C=O) groups is 1. The molecule has 1 heterocycles. The maximum Gasteiger partial charge on any atom is 0.419 e. The Labute approximate surface area is 111 Å². The Bertz CT molecular complexity index is 653. The number of nitrogen functional groups attached to an aromatic ring is 1. The van der Waals surface area contributed by atoms with E-state index in [-0.39, 0.29) is 22.6 Å². The molecule has 1 amide bonds. The monoisotopic (exact) mass is 282 g/mol. The number of hydrogen-bond donors (Lipinski definition) is 2. The number of anilines is 1. The van der Waals surface area contributed by atoms with Crippen LogP contribution in [0.5, 0.6) is 0 Å². The van der Waals surface area contributed by atoms with E-state index in [9.17, 15) is 18.0 Å². The topological polar surface area (TPSA) is 94.9 Å². The lowest BCUT2D eigenvalue weighted by atomic mass is 10.1. The fourth-order valence-electron chi connectivity index (χ4n) is 1.59. The van der Waals surface area contributed by atoms with Crippen molar-refractivity contribution in [1.29, 1.82) is 0 Å². The molecule has 0 saturated carbocycles. The van der Waals surface area contributed by atoms with Gasteiger partial charge in [0.05, 0.1) is 16.8 Å². The molecule has 0 aliphatic heterocycles. The van der Waals surface area contributed by atoms with E-state index in [1.54, 1.807) is 0 Å². The van der Waals surface area contributed by atoms with Crippen molar-refractivity contribution in [1.82, 2.24) is 9.97 Å². The zero-order valence-electron chi connectivity index (χ0n) is 9.98. The molecule has 4 N–H and O–H groups in total. The number of hydrogen-bond acceptors (Lipinski definition) is 4. The van der Waals surface area contributed by atoms with Crippen LogP contribution in [0.2, 0.25) is 0 Å². The van der Waals surface area contributed by atoms with Gasteiger partial charge in [-0.15, -0.1) is 0 Å². The second-order valence-corrected chi connectivity index (χ2v) is 3.92. The number of alkyl halides is 3. The summed E-state index contributed by atoms with van der Waals surface area (Å²) in [5.74, 6) is -0.755. The number of benzene rings is 1. The van der Waals surface area contributed by atoms with Gasteiger partial charge in [-0.3, -0.25) is 4.79 Å². The van der Waals surface area contributed by atoms with Crippen molar-refractivity contribution >= 4 is 11.6 Å². The first-order chi connectivity index (χ1) is 9.30. The molecule has 0 spiro atoms. The molecule has 0 bridgehead atoms. The summed E-state index contributed by atoms with van der Waals surface area (Å²) < 4.78 is 37.2. The van der Waals surface area contributed by atoms with Crippen molar-refractivity contribution in [3.8, 4) is 11.4 Å². The summed E-state index contributed by atoms with van der Waals surface area (Å²) in [5.41, 5.74) is 10.2. The van der Waals surface area contributed by atoms with Gasteiger partial charge in [-0.2, -0.15) is 13.2 Å². The van der Waals surface area contributed by atoms with Crippen molar-refractivity contribution in [3.63, 3.8) is 0 Å². The number of para-hydroxylation sites is 1. The number of nitrogens with zero attached hydrogens (tertiary/aromatic N) is 2. The Balaban J connectivity index is 2.48. The van der Waals surface area contributed by atoms with Gasteiger partial charge in [0.25, 0.3) is 5.91 Å². The lowest BCUT2D eigenvalue weighted by molar-refractivity contribution is -0.138. The molecule has 2 aromatic rings. The molecule has 1 aromatic heterocycles. The molecular weight excluding hydrogens is 273 g/mol. The maximum atomic E-state index is 12.4. The van der Waals surface area contributed by atoms with Gasteiger partial charge in [0.1, 0.15) is 0 Å². The van der Waals surface area contributed by atoms with Gasteiger partial charge < -0.3 is 11.5 Å². The van der Waals surface area contributed by atoms with Crippen LogP contribution in [0, 0.1) is 0 Å². The van der Waals surface area contributed by atoms with Crippen LogP contribution in [0.3, 0.4) is 0 Å². The third-order valence-electron chi connectivity index (χ3n) is 2.59. The molecule has 0 radical (unpaired) electrons. The van der Waals surface area contributed by atoms with E-state index in [1.165, 1.54) is 18.2 Å². The fraction of sp³-hybridized carbons (Fsp3) is 0.0833. The molecule has 5 nitrogen and oxygen atoms in total. The Hall–Kier alpha value is -2.64. The van der Waals surface area contributed by atoms with Gasteiger partial charge >= 0.3 is 6.18 Å². The molecule has 0 aliphatic rings. The van der Waals surface area contributed by atoms with Crippen LogP contribution in [0.4, 0.5) is 18.9 Å². The van der Waals surface area contributed by atoms with Gasteiger partial charge in [-0.05, 0) is 12.1 Å². The first kappa shape index (κ1) is 13.8. The van der Waals surface area contributed by atoms with Crippen LogP contribution in [0.1, 0.15) is 15.9 Å². The molecule has 1 aromatic carbocycles. The Morgan fingerprint density at radius 2 is 1.75 bits per heavy atom. The van der Waals surface area contributed by atoms with E-state index in [1.807, 2.05) is 0 Å². The summed E-state index contributed by atoms with van der Waals surface area (Å²) in [6, 6.07) is 4.39.